The van der Waals surface area contributed by atoms with Crippen LogP contribution in [0.25, 0.3) is 0 Å². The van der Waals surface area contributed by atoms with Crippen molar-refractivity contribution in [1.29, 1.82) is 0 Å². The lowest BCUT2D eigenvalue weighted by Gasteiger charge is -2.15. The van der Waals surface area contributed by atoms with Crippen molar-refractivity contribution in [3.63, 3.8) is 0 Å². The molecule has 82 valence electrons. The molecule has 1 aromatic rings. The summed E-state index contributed by atoms with van der Waals surface area (Å²) in [5.41, 5.74) is -0.222. The van der Waals surface area contributed by atoms with Crippen molar-refractivity contribution >= 4 is 22.2 Å². The van der Waals surface area contributed by atoms with Crippen molar-refractivity contribution in [2.75, 3.05) is 6.26 Å². The predicted molar refractivity (Wildman–Crippen MR) is 53.6 cm³/mol. The summed E-state index contributed by atoms with van der Waals surface area (Å²) < 4.78 is 52.8. The minimum absolute atomic E-state index is 0.116. The standard InChI is InChI=1S/C8H8BF3NOS/c1-15(14)8-3-2-7(9(10,11)12)4-6(8)5-13-15/h2-4H,5H2,1H3/q-1. The molecular weight excluding hydrogens is 226 g/mol. The van der Waals surface area contributed by atoms with Crippen molar-refractivity contribution in [1.82, 2.24) is 0 Å². The predicted octanol–water partition coefficient (Wildman–Crippen LogP) is 1.71. The highest BCUT2D eigenvalue weighted by Crippen LogP contribution is 2.25. The minimum atomic E-state index is -4.99. The molecule has 1 unspecified atom stereocenters. The topological polar surface area (TPSA) is 29.4 Å². The van der Waals surface area contributed by atoms with E-state index in [1.807, 2.05) is 0 Å². The van der Waals surface area contributed by atoms with Gasteiger partial charge in [-0.25, -0.2) is 8.57 Å². The van der Waals surface area contributed by atoms with Crippen LogP contribution in [0.15, 0.2) is 27.5 Å². The minimum Gasteiger partial charge on any atom is -0.445 e. The Kier molecular flexibility index (Phi) is 2.11. The average Bonchev–Trinajstić information content (AvgIpc) is 2.41. The van der Waals surface area contributed by atoms with E-state index in [0.717, 1.165) is 12.1 Å². The second-order valence-electron chi connectivity index (χ2n) is 3.53. The smallest absolute Gasteiger partial charge is 0.445 e. The van der Waals surface area contributed by atoms with Crippen LogP contribution in [0, 0.1) is 0 Å². The SMILES string of the molecule is CS1(=O)=NCc2cc([B-](F)(F)F)ccc21. The molecule has 7 heteroatoms. The largest absolute Gasteiger partial charge is 0.509 e. The first-order valence-electron chi connectivity index (χ1n) is 4.31. The zero-order valence-electron chi connectivity index (χ0n) is 7.91. The Hall–Kier alpha value is -0.975. The van der Waals surface area contributed by atoms with Crippen LogP contribution >= 0.6 is 0 Å². The molecule has 0 fully saturated rings. The van der Waals surface area contributed by atoms with E-state index in [1.165, 1.54) is 12.3 Å². The molecule has 1 aliphatic rings. The van der Waals surface area contributed by atoms with Crippen LogP contribution in [-0.4, -0.2) is 17.4 Å². The Morgan fingerprint density at radius 3 is 2.67 bits per heavy atom. The molecule has 2 nitrogen and oxygen atoms in total. The van der Waals surface area contributed by atoms with Gasteiger partial charge in [0.2, 0.25) is 0 Å². The Labute approximate surface area is 85.7 Å². The van der Waals surface area contributed by atoms with Gasteiger partial charge in [0.15, 0.2) is 0 Å². The van der Waals surface area contributed by atoms with E-state index >= 15 is 0 Å². The maximum absolute atomic E-state index is 12.4. The molecule has 0 aliphatic carbocycles. The zero-order chi connectivity index (χ0) is 11.3. The van der Waals surface area contributed by atoms with Gasteiger partial charge in [0, 0.05) is 6.26 Å². The van der Waals surface area contributed by atoms with E-state index in [9.17, 15) is 17.2 Å². The molecule has 1 aliphatic heterocycles. The van der Waals surface area contributed by atoms with Gasteiger partial charge in [-0.05, 0) is 11.6 Å². The second-order valence-corrected chi connectivity index (χ2v) is 5.83. The number of benzene rings is 1. The van der Waals surface area contributed by atoms with Gasteiger partial charge in [0.25, 0.3) is 0 Å². The van der Waals surface area contributed by atoms with Gasteiger partial charge < -0.3 is 12.9 Å². The van der Waals surface area contributed by atoms with E-state index in [-0.39, 0.29) is 6.54 Å². The highest BCUT2D eigenvalue weighted by Gasteiger charge is 2.28. The van der Waals surface area contributed by atoms with Crippen molar-refractivity contribution in [2.24, 2.45) is 4.36 Å². The van der Waals surface area contributed by atoms with Crippen LogP contribution in [-0.2, 0) is 16.3 Å². The van der Waals surface area contributed by atoms with E-state index in [2.05, 4.69) is 4.36 Å². The van der Waals surface area contributed by atoms with Crippen molar-refractivity contribution in [3.05, 3.63) is 23.8 Å². The molecule has 0 amide bonds. The van der Waals surface area contributed by atoms with Gasteiger partial charge in [-0.15, -0.1) is 5.46 Å². The molecule has 0 spiro atoms. The number of nitrogens with zero attached hydrogens (tertiary/aromatic N) is 1. The average molecular weight is 234 g/mol. The van der Waals surface area contributed by atoms with E-state index in [1.54, 1.807) is 0 Å². The number of fused-ring (bicyclic) bond motifs is 1. The van der Waals surface area contributed by atoms with Crippen LogP contribution in [0.5, 0.6) is 0 Å². The fourth-order valence-electron chi connectivity index (χ4n) is 1.56. The molecule has 0 bridgehead atoms. The summed E-state index contributed by atoms with van der Waals surface area (Å²) in [6, 6.07) is 3.30. The Balaban J connectivity index is 2.55. The van der Waals surface area contributed by atoms with Gasteiger partial charge in [-0.2, -0.15) is 0 Å². The molecule has 1 atom stereocenters. The van der Waals surface area contributed by atoms with E-state index in [0.29, 0.717) is 10.5 Å². The first-order chi connectivity index (χ1) is 6.81. The third kappa shape index (κ3) is 1.76. The molecule has 0 N–H and O–H groups in total. The second kappa shape index (κ2) is 3.01. The first-order valence-corrected chi connectivity index (χ1v) is 6.24. The van der Waals surface area contributed by atoms with Crippen LogP contribution in [0.1, 0.15) is 5.56 Å². The molecule has 0 radical (unpaired) electrons. The lowest BCUT2D eigenvalue weighted by molar-refractivity contribution is 0.501. The molecule has 1 aromatic carbocycles. The summed E-state index contributed by atoms with van der Waals surface area (Å²) in [4.78, 5) is 0.436. The molecular formula is C8H8BF3NOS-. The number of rotatable bonds is 1. The molecule has 1 heterocycles. The van der Waals surface area contributed by atoms with Crippen LogP contribution < -0.4 is 5.46 Å². The third-order valence-electron chi connectivity index (χ3n) is 2.35. The molecule has 15 heavy (non-hydrogen) atoms. The quantitative estimate of drug-likeness (QED) is 0.680. The maximum atomic E-state index is 12.4. The molecule has 0 aromatic heterocycles. The number of hydrogen-bond donors (Lipinski definition) is 0. The summed E-state index contributed by atoms with van der Waals surface area (Å²) in [6.45, 7) is -4.87. The van der Waals surface area contributed by atoms with Crippen molar-refractivity contribution in [2.45, 2.75) is 11.4 Å². The van der Waals surface area contributed by atoms with Crippen molar-refractivity contribution < 1.29 is 17.2 Å². The molecule has 0 saturated heterocycles. The number of halogens is 3. The van der Waals surface area contributed by atoms with Crippen LogP contribution in [0.4, 0.5) is 12.9 Å². The van der Waals surface area contributed by atoms with Gasteiger partial charge in [0.05, 0.1) is 21.2 Å². The fraction of sp³-hybridized carbons (Fsp3) is 0.250. The molecule has 2 rings (SSSR count). The summed E-state index contributed by atoms with van der Waals surface area (Å²) >= 11 is 0. The van der Waals surface area contributed by atoms with Gasteiger partial charge in [0.1, 0.15) is 0 Å². The summed E-state index contributed by atoms with van der Waals surface area (Å²) in [5, 5.41) is 0. The van der Waals surface area contributed by atoms with Crippen LogP contribution in [0.3, 0.4) is 0 Å². The van der Waals surface area contributed by atoms with E-state index < -0.39 is 22.2 Å². The Morgan fingerprint density at radius 2 is 2.07 bits per heavy atom. The highest BCUT2D eigenvalue weighted by atomic mass is 32.2. The summed E-state index contributed by atoms with van der Waals surface area (Å²) in [5.74, 6) is 0. The van der Waals surface area contributed by atoms with Crippen molar-refractivity contribution in [3.8, 4) is 0 Å². The van der Waals surface area contributed by atoms with Crippen LogP contribution in [0.2, 0.25) is 0 Å². The first kappa shape index (κ1) is 10.5. The Morgan fingerprint density at radius 1 is 1.40 bits per heavy atom. The zero-order valence-corrected chi connectivity index (χ0v) is 8.73. The molecule has 0 saturated carbocycles. The summed E-state index contributed by atoms with van der Waals surface area (Å²) in [6.07, 6.45) is 1.44. The highest BCUT2D eigenvalue weighted by molar-refractivity contribution is 7.93. The lowest BCUT2D eigenvalue weighted by atomic mass is 9.79. The summed E-state index contributed by atoms with van der Waals surface area (Å²) in [7, 11) is -2.45. The van der Waals surface area contributed by atoms with E-state index in [4.69, 9.17) is 0 Å². The van der Waals surface area contributed by atoms with Gasteiger partial charge in [-0.1, -0.05) is 12.1 Å². The third-order valence-corrected chi connectivity index (χ3v) is 4.19. The fourth-order valence-corrected chi connectivity index (χ4v) is 3.01. The monoisotopic (exact) mass is 234 g/mol. The van der Waals surface area contributed by atoms with Gasteiger partial charge >= 0.3 is 6.98 Å². The Bertz CT molecular complexity index is 531. The number of hydrogen-bond acceptors (Lipinski definition) is 2. The lowest BCUT2D eigenvalue weighted by Crippen LogP contribution is -2.34. The van der Waals surface area contributed by atoms with Gasteiger partial charge in [-0.3, -0.25) is 0 Å². The maximum Gasteiger partial charge on any atom is 0.509 e. The normalized spacial score (nSPS) is 24.8.